The lowest BCUT2D eigenvalue weighted by molar-refractivity contribution is -0.140. The molecule has 1 rings (SSSR count). The molecule has 0 aliphatic heterocycles. The van der Waals surface area contributed by atoms with Crippen LogP contribution in [0, 0.1) is 0 Å². The van der Waals surface area contributed by atoms with Crippen LogP contribution in [-0.4, -0.2) is 36.7 Å². The summed E-state index contributed by atoms with van der Waals surface area (Å²) in [6.45, 7) is 3.34. The van der Waals surface area contributed by atoms with Gasteiger partial charge in [0, 0.05) is 17.0 Å². The molecule has 1 saturated carbocycles. The molecule has 3 nitrogen and oxygen atoms in total. The summed E-state index contributed by atoms with van der Waals surface area (Å²) in [4.78, 5) is 11.0. The zero-order valence-electron chi connectivity index (χ0n) is 11.0. The van der Waals surface area contributed by atoms with E-state index < -0.39 is 0 Å². The molecule has 17 heavy (non-hydrogen) atoms. The van der Waals surface area contributed by atoms with Crippen molar-refractivity contribution in [2.45, 2.75) is 56.7 Å². The molecule has 0 saturated heterocycles. The van der Waals surface area contributed by atoms with Gasteiger partial charge in [0.05, 0.1) is 13.5 Å². The smallest absolute Gasteiger partial charge is 0.306 e. The first-order valence-corrected chi connectivity index (χ1v) is 7.73. The summed E-state index contributed by atoms with van der Waals surface area (Å²) in [7, 11) is 1.46. The highest BCUT2D eigenvalue weighted by Crippen LogP contribution is 2.29. The fraction of sp³-hybridized carbons (Fsp3) is 0.923. The molecule has 0 aromatic rings. The zero-order chi connectivity index (χ0) is 12.5. The number of hydrogen-bond acceptors (Lipinski definition) is 4. The lowest BCUT2D eigenvalue weighted by Gasteiger charge is -2.29. The predicted octanol–water partition coefficient (Wildman–Crippen LogP) is 2.59. The van der Waals surface area contributed by atoms with Crippen molar-refractivity contribution in [3.05, 3.63) is 0 Å². The molecule has 0 radical (unpaired) electrons. The fourth-order valence-corrected chi connectivity index (χ4v) is 3.56. The van der Waals surface area contributed by atoms with Crippen molar-refractivity contribution in [3.8, 4) is 0 Å². The van der Waals surface area contributed by atoms with Gasteiger partial charge in [0.2, 0.25) is 0 Å². The largest absolute Gasteiger partial charge is 0.469 e. The molecule has 0 bridgehead atoms. The SMILES string of the molecule is CCCNC1CCCC(SCCC(=O)OC)C1. The molecule has 100 valence electrons. The Hall–Kier alpha value is -0.220. The third-order valence-corrected chi connectivity index (χ3v) is 4.54. The molecule has 2 unspecified atom stereocenters. The van der Waals surface area contributed by atoms with E-state index in [0.717, 1.165) is 17.5 Å². The number of methoxy groups -OCH3 is 1. The van der Waals surface area contributed by atoms with E-state index >= 15 is 0 Å². The van der Waals surface area contributed by atoms with Crippen LogP contribution in [0.4, 0.5) is 0 Å². The topological polar surface area (TPSA) is 38.3 Å². The van der Waals surface area contributed by atoms with Gasteiger partial charge in [-0.3, -0.25) is 4.79 Å². The Morgan fingerprint density at radius 1 is 1.47 bits per heavy atom. The van der Waals surface area contributed by atoms with Crippen molar-refractivity contribution in [1.29, 1.82) is 0 Å². The maximum atomic E-state index is 11.0. The average molecular weight is 259 g/mol. The second kappa shape index (κ2) is 8.81. The normalized spacial score (nSPS) is 24.6. The Balaban J connectivity index is 2.13. The van der Waals surface area contributed by atoms with Gasteiger partial charge < -0.3 is 10.1 Å². The van der Waals surface area contributed by atoms with Crippen LogP contribution in [0.1, 0.15) is 45.4 Å². The zero-order valence-corrected chi connectivity index (χ0v) is 11.9. The number of ether oxygens (including phenoxy) is 1. The number of rotatable bonds is 7. The Bertz CT molecular complexity index is 223. The Morgan fingerprint density at radius 2 is 2.29 bits per heavy atom. The minimum absolute atomic E-state index is 0.0889. The Morgan fingerprint density at radius 3 is 3.00 bits per heavy atom. The number of carbonyl (C=O) groups excluding carboxylic acids is 1. The molecule has 1 N–H and O–H groups in total. The van der Waals surface area contributed by atoms with E-state index in [2.05, 4.69) is 17.0 Å². The van der Waals surface area contributed by atoms with Crippen LogP contribution in [-0.2, 0) is 9.53 Å². The second-order valence-electron chi connectivity index (χ2n) is 4.64. The summed E-state index contributed by atoms with van der Waals surface area (Å²) in [6, 6.07) is 0.694. The Labute approximate surface area is 109 Å². The van der Waals surface area contributed by atoms with E-state index in [1.807, 2.05) is 11.8 Å². The van der Waals surface area contributed by atoms with Crippen LogP contribution in [0.2, 0.25) is 0 Å². The first-order chi connectivity index (χ1) is 8.26. The molecule has 4 heteroatoms. The molecule has 0 aromatic carbocycles. The maximum Gasteiger partial charge on any atom is 0.306 e. The predicted molar refractivity (Wildman–Crippen MR) is 73.4 cm³/mol. The van der Waals surface area contributed by atoms with Crippen molar-refractivity contribution in [3.63, 3.8) is 0 Å². The summed E-state index contributed by atoms with van der Waals surface area (Å²) >= 11 is 1.94. The van der Waals surface area contributed by atoms with Crippen LogP contribution in [0.15, 0.2) is 0 Å². The van der Waals surface area contributed by atoms with Gasteiger partial charge in [-0.2, -0.15) is 11.8 Å². The van der Waals surface area contributed by atoms with E-state index in [9.17, 15) is 4.79 Å². The fourth-order valence-electron chi connectivity index (χ4n) is 2.24. The highest BCUT2D eigenvalue weighted by atomic mass is 32.2. The van der Waals surface area contributed by atoms with Crippen molar-refractivity contribution < 1.29 is 9.53 Å². The summed E-state index contributed by atoms with van der Waals surface area (Å²) in [6.07, 6.45) is 6.94. The number of esters is 1. The monoisotopic (exact) mass is 259 g/mol. The van der Waals surface area contributed by atoms with Crippen molar-refractivity contribution in [1.82, 2.24) is 5.32 Å². The average Bonchev–Trinajstić information content (AvgIpc) is 2.36. The van der Waals surface area contributed by atoms with Crippen molar-refractivity contribution >= 4 is 17.7 Å². The number of carbonyl (C=O) groups is 1. The van der Waals surface area contributed by atoms with Gasteiger partial charge in [-0.05, 0) is 32.2 Å². The van der Waals surface area contributed by atoms with Gasteiger partial charge in [0.15, 0.2) is 0 Å². The van der Waals surface area contributed by atoms with Gasteiger partial charge in [-0.15, -0.1) is 0 Å². The molecular weight excluding hydrogens is 234 g/mol. The highest BCUT2D eigenvalue weighted by molar-refractivity contribution is 7.99. The number of thioether (sulfide) groups is 1. The molecule has 1 aliphatic rings. The minimum Gasteiger partial charge on any atom is -0.469 e. The summed E-state index contributed by atoms with van der Waals surface area (Å²) in [5.74, 6) is 0.812. The lowest BCUT2D eigenvalue weighted by atomic mass is 9.95. The van der Waals surface area contributed by atoms with Gasteiger partial charge in [0.1, 0.15) is 0 Å². The molecule has 2 atom stereocenters. The van der Waals surface area contributed by atoms with Gasteiger partial charge in [-0.1, -0.05) is 13.3 Å². The lowest BCUT2D eigenvalue weighted by Crippen LogP contribution is -2.35. The highest BCUT2D eigenvalue weighted by Gasteiger charge is 2.21. The van der Waals surface area contributed by atoms with Crippen LogP contribution < -0.4 is 5.32 Å². The summed E-state index contributed by atoms with van der Waals surface area (Å²) < 4.78 is 4.65. The van der Waals surface area contributed by atoms with Gasteiger partial charge >= 0.3 is 5.97 Å². The molecule has 0 heterocycles. The first-order valence-electron chi connectivity index (χ1n) is 6.68. The van der Waals surface area contributed by atoms with E-state index in [0.29, 0.717) is 12.5 Å². The van der Waals surface area contributed by atoms with E-state index in [4.69, 9.17) is 0 Å². The number of hydrogen-bond donors (Lipinski definition) is 1. The first kappa shape index (κ1) is 14.8. The standard InChI is InChI=1S/C13H25NO2S/c1-3-8-14-11-5-4-6-12(10-11)17-9-7-13(15)16-2/h11-12,14H,3-10H2,1-2H3. The maximum absolute atomic E-state index is 11.0. The molecule has 0 amide bonds. The number of nitrogens with one attached hydrogen (secondary N) is 1. The third-order valence-electron chi connectivity index (χ3n) is 3.20. The van der Waals surface area contributed by atoms with Crippen LogP contribution in [0.5, 0.6) is 0 Å². The molecule has 1 fully saturated rings. The molecule has 0 aromatic heterocycles. The van der Waals surface area contributed by atoms with Crippen molar-refractivity contribution in [2.75, 3.05) is 19.4 Å². The van der Waals surface area contributed by atoms with Gasteiger partial charge in [-0.25, -0.2) is 0 Å². The van der Waals surface area contributed by atoms with Crippen LogP contribution >= 0.6 is 11.8 Å². The van der Waals surface area contributed by atoms with Gasteiger partial charge in [0.25, 0.3) is 0 Å². The van der Waals surface area contributed by atoms with Crippen molar-refractivity contribution in [2.24, 2.45) is 0 Å². The molecule has 1 aliphatic carbocycles. The molecular formula is C13H25NO2S. The Kier molecular flexibility index (Phi) is 7.69. The van der Waals surface area contributed by atoms with E-state index in [1.165, 1.54) is 39.2 Å². The summed E-state index contributed by atoms with van der Waals surface area (Å²) in [5, 5.41) is 4.33. The van der Waals surface area contributed by atoms with E-state index in [-0.39, 0.29) is 5.97 Å². The second-order valence-corrected chi connectivity index (χ2v) is 6.04. The quantitative estimate of drug-likeness (QED) is 0.713. The molecule has 0 spiro atoms. The minimum atomic E-state index is -0.0889. The summed E-state index contributed by atoms with van der Waals surface area (Å²) in [5.41, 5.74) is 0. The van der Waals surface area contributed by atoms with Crippen LogP contribution in [0.25, 0.3) is 0 Å². The third kappa shape index (κ3) is 6.32. The van der Waals surface area contributed by atoms with E-state index in [1.54, 1.807) is 0 Å². The van der Waals surface area contributed by atoms with Crippen LogP contribution in [0.3, 0.4) is 0 Å².